The molecule has 1 aromatic carbocycles. The van der Waals surface area contributed by atoms with Crippen molar-refractivity contribution in [2.24, 2.45) is 11.3 Å². The predicted octanol–water partition coefficient (Wildman–Crippen LogP) is 3.90. The lowest BCUT2D eigenvalue weighted by molar-refractivity contribution is -0.113. The van der Waals surface area contributed by atoms with Gasteiger partial charge in [0.05, 0.1) is 5.41 Å². The van der Waals surface area contributed by atoms with E-state index in [9.17, 15) is 4.79 Å². The third-order valence-electron chi connectivity index (χ3n) is 5.06. The third-order valence-corrected chi connectivity index (χ3v) is 5.06. The second-order valence-corrected chi connectivity index (χ2v) is 7.82. The summed E-state index contributed by atoms with van der Waals surface area (Å²) in [6, 6.07) is 10.2. The smallest absolute Gasteiger partial charge is 0.131 e. The van der Waals surface area contributed by atoms with E-state index < -0.39 is 5.41 Å². The minimum atomic E-state index is -0.393. The number of rotatable bonds is 4. The predicted molar refractivity (Wildman–Crippen MR) is 88.5 cm³/mol. The first kappa shape index (κ1) is 16.2. The lowest BCUT2D eigenvalue weighted by atomic mass is 9.74. The average Bonchev–Trinajstić information content (AvgIpc) is 2.47. The van der Waals surface area contributed by atoms with Crippen LogP contribution in [0.4, 0.5) is 0 Å². The fraction of sp³-hybridized carbons (Fsp3) is 0.632. The summed E-state index contributed by atoms with van der Waals surface area (Å²) in [5.74, 6) is 0.799. The Morgan fingerprint density at radius 3 is 2.14 bits per heavy atom. The van der Waals surface area contributed by atoms with Crippen molar-refractivity contribution < 1.29 is 4.79 Å². The number of carbonyl (C=O) groups is 1. The number of benzene rings is 1. The summed E-state index contributed by atoms with van der Waals surface area (Å²) in [6.45, 7) is 12.1. The molecule has 1 atom stereocenters. The van der Waals surface area contributed by atoms with Crippen molar-refractivity contribution in [3.05, 3.63) is 35.9 Å². The molecular weight excluding hydrogens is 258 g/mol. The first-order valence-electron chi connectivity index (χ1n) is 8.09. The van der Waals surface area contributed by atoms with Crippen LogP contribution in [-0.4, -0.2) is 30.8 Å². The Labute approximate surface area is 129 Å². The van der Waals surface area contributed by atoms with Gasteiger partial charge in [0.2, 0.25) is 0 Å². The van der Waals surface area contributed by atoms with Crippen molar-refractivity contribution in [1.82, 2.24) is 4.90 Å². The molecule has 0 aliphatic carbocycles. The number of hydrogen-bond donors (Lipinski definition) is 0. The van der Waals surface area contributed by atoms with Crippen molar-refractivity contribution in [1.29, 1.82) is 0 Å². The zero-order chi connectivity index (χ0) is 15.5. The minimum Gasteiger partial charge on any atom is -0.302 e. The van der Waals surface area contributed by atoms with Crippen LogP contribution in [0.15, 0.2) is 30.3 Å². The van der Waals surface area contributed by atoms with Crippen LogP contribution in [0.3, 0.4) is 0 Å². The summed E-state index contributed by atoms with van der Waals surface area (Å²) < 4.78 is 0. The highest BCUT2D eigenvalue weighted by Gasteiger charge is 2.33. The fourth-order valence-corrected chi connectivity index (χ4v) is 3.44. The molecule has 0 N–H and O–H groups in total. The first-order valence-corrected chi connectivity index (χ1v) is 8.09. The lowest BCUT2D eigenvalue weighted by Crippen LogP contribution is -2.45. The zero-order valence-corrected chi connectivity index (χ0v) is 13.9. The molecule has 2 rings (SSSR count). The van der Waals surface area contributed by atoms with Gasteiger partial charge in [0.25, 0.3) is 0 Å². The molecule has 0 saturated carbocycles. The van der Waals surface area contributed by atoms with Crippen LogP contribution in [0.2, 0.25) is 0 Å². The highest BCUT2D eigenvalue weighted by Crippen LogP contribution is 2.35. The van der Waals surface area contributed by atoms with E-state index in [4.69, 9.17) is 0 Å². The van der Waals surface area contributed by atoms with Crippen LogP contribution in [0, 0.1) is 11.3 Å². The highest BCUT2D eigenvalue weighted by atomic mass is 16.1. The van der Waals surface area contributed by atoms with Crippen LogP contribution in [-0.2, 0) is 10.2 Å². The Kier molecular flexibility index (Phi) is 4.88. The molecule has 2 nitrogen and oxygen atoms in total. The Morgan fingerprint density at radius 1 is 1.10 bits per heavy atom. The largest absolute Gasteiger partial charge is 0.302 e. The Morgan fingerprint density at radius 2 is 1.67 bits per heavy atom. The zero-order valence-electron chi connectivity index (χ0n) is 13.9. The summed E-state index contributed by atoms with van der Waals surface area (Å²) in [6.07, 6.45) is 3.61. The molecule has 0 aromatic heterocycles. The molecule has 1 saturated heterocycles. The Hall–Kier alpha value is -1.15. The minimum absolute atomic E-state index is 0.393. The Bertz CT molecular complexity index is 454. The van der Waals surface area contributed by atoms with Gasteiger partial charge in [0.1, 0.15) is 6.29 Å². The van der Waals surface area contributed by atoms with Gasteiger partial charge in [-0.05, 0) is 49.8 Å². The number of likely N-dealkylation sites (tertiary alicyclic amines) is 1. The monoisotopic (exact) mass is 287 g/mol. The van der Waals surface area contributed by atoms with Crippen molar-refractivity contribution in [2.75, 3.05) is 19.6 Å². The van der Waals surface area contributed by atoms with Crippen LogP contribution < -0.4 is 0 Å². The Balaban J connectivity index is 2.00. The molecule has 0 bridgehead atoms. The van der Waals surface area contributed by atoms with E-state index in [1.54, 1.807) is 0 Å². The van der Waals surface area contributed by atoms with E-state index in [1.165, 1.54) is 12.8 Å². The molecule has 116 valence electrons. The molecular formula is C19H29NO. The van der Waals surface area contributed by atoms with Crippen molar-refractivity contribution >= 4 is 6.29 Å². The number of aldehydes is 1. The van der Waals surface area contributed by atoms with Gasteiger partial charge in [-0.1, -0.05) is 51.1 Å². The molecule has 1 unspecified atom stereocenters. The summed E-state index contributed by atoms with van der Waals surface area (Å²) in [4.78, 5) is 14.2. The van der Waals surface area contributed by atoms with Gasteiger partial charge in [-0.15, -0.1) is 0 Å². The molecule has 1 aliphatic rings. The van der Waals surface area contributed by atoms with Gasteiger partial charge >= 0.3 is 0 Å². The molecule has 1 aliphatic heterocycles. The van der Waals surface area contributed by atoms with E-state index in [0.29, 0.717) is 5.41 Å². The van der Waals surface area contributed by atoms with E-state index in [0.717, 1.165) is 37.4 Å². The standard InChI is InChI=1S/C19H29NO/c1-18(2,3)16-10-12-20(13-11-16)14-19(4,15-21)17-8-6-5-7-9-17/h5-9,15-16H,10-14H2,1-4H3. The summed E-state index contributed by atoms with van der Waals surface area (Å²) in [7, 11) is 0. The fourth-order valence-electron chi connectivity index (χ4n) is 3.44. The molecule has 0 spiro atoms. The molecule has 1 fully saturated rings. The second kappa shape index (κ2) is 6.31. The second-order valence-electron chi connectivity index (χ2n) is 7.82. The average molecular weight is 287 g/mol. The molecule has 0 radical (unpaired) electrons. The number of hydrogen-bond acceptors (Lipinski definition) is 2. The quantitative estimate of drug-likeness (QED) is 0.783. The molecule has 2 heteroatoms. The van der Waals surface area contributed by atoms with E-state index >= 15 is 0 Å². The van der Waals surface area contributed by atoms with Crippen LogP contribution in [0.1, 0.15) is 46.1 Å². The van der Waals surface area contributed by atoms with E-state index in [2.05, 4.69) is 44.7 Å². The molecule has 1 aromatic rings. The summed E-state index contributed by atoms with van der Waals surface area (Å²) in [5, 5.41) is 0. The first-order chi connectivity index (χ1) is 9.85. The molecule has 0 amide bonds. The van der Waals surface area contributed by atoms with Gasteiger partial charge in [-0.25, -0.2) is 0 Å². The van der Waals surface area contributed by atoms with Crippen molar-refractivity contribution in [3.8, 4) is 0 Å². The number of piperidine rings is 1. The highest BCUT2D eigenvalue weighted by molar-refractivity contribution is 5.68. The van der Waals surface area contributed by atoms with Crippen molar-refractivity contribution in [3.63, 3.8) is 0 Å². The van der Waals surface area contributed by atoms with Gasteiger partial charge < -0.3 is 9.69 Å². The lowest BCUT2D eigenvalue weighted by Gasteiger charge is -2.41. The normalized spacial score (nSPS) is 21.0. The third kappa shape index (κ3) is 3.94. The van der Waals surface area contributed by atoms with Gasteiger partial charge in [0.15, 0.2) is 0 Å². The van der Waals surface area contributed by atoms with Crippen LogP contribution in [0.5, 0.6) is 0 Å². The van der Waals surface area contributed by atoms with Gasteiger partial charge in [0, 0.05) is 6.54 Å². The van der Waals surface area contributed by atoms with E-state index in [-0.39, 0.29) is 0 Å². The van der Waals surface area contributed by atoms with E-state index in [1.807, 2.05) is 18.2 Å². The van der Waals surface area contributed by atoms with Gasteiger partial charge in [-0.2, -0.15) is 0 Å². The van der Waals surface area contributed by atoms with Gasteiger partial charge in [-0.3, -0.25) is 0 Å². The maximum Gasteiger partial charge on any atom is 0.131 e. The van der Waals surface area contributed by atoms with Crippen molar-refractivity contribution in [2.45, 2.75) is 46.0 Å². The van der Waals surface area contributed by atoms with Crippen LogP contribution in [0.25, 0.3) is 0 Å². The maximum atomic E-state index is 11.7. The summed E-state index contributed by atoms with van der Waals surface area (Å²) >= 11 is 0. The molecule has 21 heavy (non-hydrogen) atoms. The molecule has 1 heterocycles. The number of carbonyl (C=O) groups excluding carboxylic acids is 1. The SMILES string of the molecule is CC(C=O)(CN1CCC(C(C)(C)C)CC1)c1ccccc1. The maximum absolute atomic E-state index is 11.7. The summed E-state index contributed by atoms with van der Waals surface area (Å²) in [5.41, 5.74) is 1.13. The van der Waals surface area contributed by atoms with Crippen LogP contribution >= 0.6 is 0 Å². The topological polar surface area (TPSA) is 20.3 Å². The number of nitrogens with zero attached hydrogens (tertiary/aromatic N) is 1.